The van der Waals surface area contributed by atoms with Gasteiger partial charge >= 0.3 is 40.9 Å². The first-order chi connectivity index (χ1) is 15.7. The molecule has 0 fully saturated rings. The number of nitrogens with one attached hydrogen (secondary N) is 1. The van der Waals surface area contributed by atoms with E-state index in [1.165, 1.54) is 0 Å². The van der Waals surface area contributed by atoms with Gasteiger partial charge in [-0.05, 0) is 12.1 Å². The summed E-state index contributed by atoms with van der Waals surface area (Å²) < 4.78 is 33.3. The number of Topliss-reactive ketones (excluding diaryl/α,β-unsaturated/α-hetero) is 1. The van der Waals surface area contributed by atoms with Crippen molar-refractivity contribution >= 4 is 49.4 Å². The number of nitrogens with zero attached hydrogens (tertiary/aromatic N) is 4. The molecule has 0 heterocycles. The SMILES string of the molecule is Nc1c(N/N=C2/C=C([N+](=O)[O-])C=C([N+](=O)[O-])C2=O)cc(S(=O)(=O)O)c2ccc([N+](=O)[O-])c(O)c12.O.[Cr].[Na+]. The zero-order chi connectivity index (χ0) is 25.5. The van der Waals surface area contributed by atoms with E-state index < -0.39 is 86.3 Å². The first kappa shape index (κ1) is 33.5. The Labute approximate surface area is 237 Å². The Morgan fingerprint density at radius 2 is 1.62 bits per heavy atom. The summed E-state index contributed by atoms with van der Waals surface area (Å²) in [6, 6.07) is 2.39. The average Bonchev–Trinajstić information content (AvgIpc) is 2.72. The fourth-order valence-electron chi connectivity index (χ4n) is 2.96. The molecule has 3 rings (SSSR count). The number of phenolic OH excluding ortho intramolecular Hbond substituents is 1. The molecule has 18 nitrogen and oxygen atoms in total. The normalized spacial score (nSPS) is 13.9. The number of hydrogen-bond donors (Lipinski definition) is 4. The maximum absolute atomic E-state index is 12.2. The van der Waals surface area contributed by atoms with Gasteiger partial charge in [-0.1, -0.05) is 0 Å². The Bertz CT molecular complexity index is 1540. The number of nitrogens with two attached hydrogens (primary N) is 1. The van der Waals surface area contributed by atoms with Crippen LogP contribution in [0.2, 0.25) is 0 Å². The van der Waals surface area contributed by atoms with Crippen molar-refractivity contribution in [3.63, 3.8) is 0 Å². The monoisotopic (exact) mass is 587 g/mol. The van der Waals surface area contributed by atoms with E-state index in [-0.39, 0.29) is 52.4 Å². The van der Waals surface area contributed by atoms with Crippen molar-refractivity contribution in [3.05, 3.63) is 72.1 Å². The van der Waals surface area contributed by atoms with Crippen LogP contribution in [0.15, 0.2) is 51.7 Å². The molecule has 1 aliphatic carbocycles. The number of benzene rings is 2. The summed E-state index contributed by atoms with van der Waals surface area (Å²) in [5.41, 5.74) is 3.19. The van der Waals surface area contributed by atoms with Crippen LogP contribution in [0, 0.1) is 30.3 Å². The van der Waals surface area contributed by atoms with Crippen LogP contribution in [0.5, 0.6) is 5.75 Å². The molecule has 21 heteroatoms. The van der Waals surface area contributed by atoms with Crippen molar-refractivity contribution in [2.45, 2.75) is 4.90 Å². The zero-order valence-electron chi connectivity index (χ0n) is 18.1. The molecule has 0 saturated heterocycles. The summed E-state index contributed by atoms with van der Waals surface area (Å²) >= 11 is 0. The summed E-state index contributed by atoms with van der Waals surface area (Å²) in [6.07, 6.45) is 1.00. The van der Waals surface area contributed by atoms with Crippen molar-refractivity contribution in [1.82, 2.24) is 0 Å². The molecule has 0 aromatic heterocycles. The molecule has 190 valence electrons. The van der Waals surface area contributed by atoms with Crippen LogP contribution < -0.4 is 40.7 Å². The van der Waals surface area contributed by atoms with Crippen LogP contribution >= 0.6 is 0 Å². The minimum Gasteiger partial charge on any atom is -0.502 e. The van der Waals surface area contributed by atoms with Crippen LogP contribution in [0.4, 0.5) is 17.1 Å². The Balaban J connectivity index is 0.00000432. The topological polar surface area (TPSA) is 303 Å². The fraction of sp³-hybridized carbons (Fsp3) is 0. The Morgan fingerprint density at radius 3 is 2.11 bits per heavy atom. The number of ketones is 1. The van der Waals surface area contributed by atoms with Crippen LogP contribution in [0.3, 0.4) is 0 Å². The maximum Gasteiger partial charge on any atom is 1.00 e. The maximum atomic E-state index is 12.2. The molecule has 2 aromatic carbocycles. The molecule has 0 atom stereocenters. The van der Waals surface area contributed by atoms with Crippen molar-refractivity contribution < 1.29 is 90.0 Å². The molecule has 0 spiro atoms. The van der Waals surface area contributed by atoms with Crippen molar-refractivity contribution in [2.24, 2.45) is 5.10 Å². The smallest absolute Gasteiger partial charge is 0.502 e. The summed E-state index contributed by atoms with van der Waals surface area (Å²) in [5.74, 6) is -2.39. The second-order valence-corrected chi connectivity index (χ2v) is 7.86. The third-order valence-corrected chi connectivity index (χ3v) is 5.36. The molecular formula is C16H12CrN6NaO12S+. The van der Waals surface area contributed by atoms with Gasteiger partial charge in [-0.2, -0.15) is 13.5 Å². The number of hydrogen-bond acceptors (Lipinski definition) is 13. The minimum atomic E-state index is -5.00. The van der Waals surface area contributed by atoms with E-state index >= 15 is 0 Å². The van der Waals surface area contributed by atoms with E-state index in [0.717, 1.165) is 12.1 Å². The summed E-state index contributed by atoms with van der Waals surface area (Å²) in [6.45, 7) is 0. The third kappa shape index (κ3) is 6.45. The van der Waals surface area contributed by atoms with Gasteiger partial charge < -0.3 is 16.3 Å². The molecule has 0 aliphatic heterocycles. The molecule has 0 bridgehead atoms. The second kappa shape index (κ2) is 12.2. The predicted molar refractivity (Wildman–Crippen MR) is 116 cm³/mol. The van der Waals surface area contributed by atoms with Gasteiger partial charge in [0.15, 0.2) is 0 Å². The van der Waals surface area contributed by atoms with Crippen LogP contribution in [0.1, 0.15) is 0 Å². The van der Waals surface area contributed by atoms with E-state index in [1.807, 2.05) is 0 Å². The van der Waals surface area contributed by atoms with E-state index in [2.05, 4.69) is 10.5 Å². The number of rotatable bonds is 6. The number of phenols is 1. The van der Waals surface area contributed by atoms with Crippen molar-refractivity contribution in [1.29, 1.82) is 0 Å². The molecule has 7 N–H and O–H groups in total. The Hall–Kier alpha value is -3.48. The molecule has 1 aliphatic rings. The number of nitrogen functional groups attached to an aromatic ring is 1. The second-order valence-electron chi connectivity index (χ2n) is 6.47. The van der Waals surface area contributed by atoms with Crippen LogP contribution in [-0.2, 0) is 32.3 Å². The minimum absolute atomic E-state index is 0. The van der Waals surface area contributed by atoms with Gasteiger partial charge in [0, 0.05) is 34.9 Å². The van der Waals surface area contributed by atoms with E-state index in [4.69, 9.17) is 5.73 Å². The first-order valence-corrected chi connectivity index (χ1v) is 9.98. The standard InChI is InChI=1S/C16H10N6O11S.Cr.Na.H2O/c17-14-8(18-19-9-3-6(20(25)26)4-11(15(9)23)22(29)30)5-12(34(31,32)33)7-1-2-10(21(27)28)16(24)13(7)14;;;/h1-5,18,24H,17H2,(H,31,32,33);;;1H2/q;;+1;/b19-9-;;;. The van der Waals surface area contributed by atoms with Gasteiger partial charge in [-0.15, -0.1) is 0 Å². The van der Waals surface area contributed by atoms with Gasteiger partial charge in [-0.3, -0.25) is 45.1 Å². The number of nitro groups is 3. The molecular weight excluding hydrogens is 575 g/mol. The molecule has 0 unspecified atom stereocenters. The quantitative estimate of drug-likeness (QED) is 0.0660. The van der Waals surface area contributed by atoms with E-state index in [0.29, 0.717) is 18.2 Å². The summed E-state index contributed by atoms with van der Waals surface area (Å²) in [4.78, 5) is 41.3. The number of aromatic hydroxyl groups is 1. The number of carbonyl (C=O) groups excluding carboxylic acids is 1. The van der Waals surface area contributed by atoms with Crippen molar-refractivity contribution in [3.8, 4) is 5.75 Å². The Morgan fingerprint density at radius 1 is 1.03 bits per heavy atom. The summed E-state index contributed by atoms with van der Waals surface area (Å²) in [5, 5.41) is 46.0. The summed E-state index contributed by atoms with van der Waals surface area (Å²) in [7, 11) is -5.00. The number of allylic oxidation sites excluding steroid dienone is 3. The number of fused-ring (bicyclic) bond motifs is 1. The average molecular weight is 587 g/mol. The van der Waals surface area contributed by atoms with Gasteiger partial charge in [0.2, 0.25) is 5.75 Å². The number of anilines is 2. The first-order valence-electron chi connectivity index (χ1n) is 8.54. The Kier molecular flexibility index (Phi) is 11.0. The largest absolute Gasteiger partial charge is 1.00 e. The van der Waals surface area contributed by atoms with Gasteiger partial charge in [-0.25, -0.2) is 0 Å². The molecule has 0 amide bonds. The number of hydrazone groups is 1. The molecule has 37 heavy (non-hydrogen) atoms. The number of nitro benzene ring substituents is 1. The fourth-order valence-corrected chi connectivity index (χ4v) is 3.68. The molecule has 0 saturated carbocycles. The van der Waals surface area contributed by atoms with Gasteiger partial charge in [0.25, 0.3) is 21.6 Å². The number of carbonyl (C=O) groups is 1. The molecule has 2 aromatic rings. The predicted octanol–water partition coefficient (Wildman–Crippen LogP) is -2.87. The van der Waals surface area contributed by atoms with Gasteiger partial charge in [0.1, 0.15) is 10.6 Å². The van der Waals surface area contributed by atoms with Crippen LogP contribution in [-0.4, -0.2) is 49.8 Å². The molecule has 0 radical (unpaired) electrons. The van der Waals surface area contributed by atoms with Crippen LogP contribution in [0.25, 0.3) is 10.8 Å². The zero-order valence-corrected chi connectivity index (χ0v) is 22.2. The van der Waals surface area contributed by atoms with Crippen molar-refractivity contribution in [2.75, 3.05) is 11.2 Å². The van der Waals surface area contributed by atoms with E-state index in [9.17, 15) is 53.2 Å². The van der Waals surface area contributed by atoms with Gasteiger partial charge in [0.05, 0.1) is 37.6 Å². The van der Waals surface area contributed by atoms with E-state index in [1.54, 1.807) is 0 Å². The third-order valence-electron chi connectivity index (χ3n) is 4.47.